The van der Waals surface area contributed by atoms with Gasteiger partial charge in [0.25, 0.3) is 0 Å². The summed E-state index contributed by atoms with van der Waals surface area (Å²) in [7, 11) is 1.75. The van der Waals surface area contributed by atoms with E-state index >= 15 is 0 Å². The summed E-state index contributed by atoms with van der Waals surface area (Å²) in [5.41, 5.74) is 2.78. The number of hydrogen-bond acceptors (Lipinski definition) is 3. The maximum atomic E-state index is 5.53. The first-order chi connectivity index (χ1) is 9.43. The fourth-order valence-electron chi connectivity index (χ4n) is 2.85. The maximum absolute atomic E-state index is 5.53. The second kappa shape index (κ2) is 6.15. The van der Waals surface area contributed by atoms with Gasteiger partial charge in [0.05, 0.1) is 7.11 Å². The molecule has 0 bridgehead atoms. The standard InChI is InChI=1S/C17H28N2O/c1-13(19-10-8-18-9-11-19)14-6-7-16(20-5)15(12-14)17(2,3)4/h6-7,12-13,18H,8-11H2,1-5H3. The maximum Gasteiger partial charge on any atom is 0.122 e. The normalized spacial score (nSPS) is 18.9. The number of nitrogens with zero attached hydrogens (tertiary/aromatic N) is 1. The summed E-state index contributed by atoms with van der Waals surface area (Å²) in [6.45, 7) is 13.5. The van der Waals surface area contributed by atoms with Crippen LogP contribution in [0, 0.1) is 0 Å². The highest BCUT2D eigenvalue weighted by Gasteiger charge is 2.23. The highest BCUT2D eigenvalue weighted by Crippen LogP contribution is 2.34. The van der Waals surface area contributed by atoms with Crippen LogP contribution in [0.15, 0.2) is 18.2 Å². The van der Waals surface area contributed by atoms with Crippen molar-refractivity contribution in [3.05, 3.63) is 29.3 Å². The molecule has 1 aromatic carbocycles. The summed E-state index contributed by atoms with van der Waals surface area (Å²) in [5, 5.41) is 3.41. The number of methoxy groups -OCH3 is 1. The Bertz CT molecular complexity index is 445. The van der Waals surface area contributed by atoms with Gasteiger partial charge in [-0.2, -0.15) is 0 Å². The van der Waals surface area contributed by atoms with Gasteiger partial charge in [0.15, 0.2) is 0 Å². The van der Waals surface area contributed by atoms with E-state index in [-0.39, 0.29) is 5.41 Å². The molecule has 1 unspecified atom stereocenters. The first kappa shape index (κ1) is 15.3. The van der Waals surface area contributed by atoms with E-state index in [1.54, 1.807) is 7.11 Å². The van der Waals surface area contributed by atoms with Gasteiger partial charge in [0.2, 0.25) is 0 Å². The van der Waals surface area contributed by atoms with Crippen molar-refractivity contribution in [2.45, 2.75) is 39.2 Å². The molecule has 0 spiro atoms. The molecule has 0 amide bonds. The molecule has 3 heteroatoms. The molecule has 0 radical (unpaired) electrons. The van der Waals surface area contributed by atoms with Gasteiger partial charge in [0, 0.05) is 32.2 Å². The zero-order chi connectivity index (χ0) is 14.8. The molecule has 20 heavy (non-hydrogen) atoms. The third kappa shape index (κ3) is 3.33. The third-order valence-corrected chi connectivity index (χ3v) is 4.21. The lowest BCUT2D eigenvalue weighted by Gasteiger charge is -2.34. The summed E-state index contributed by atoms with van der Waals surface area (Å²) in [5.74, 6) is 0.994. The minimum absolute atomic E-state index is 0.102. The number of hydrogen-bond donors (Lipinski definition) is 1. The summed E-state index contributed by atoms with van der Waals surface area (Å²) < 4.78 is 5.53. The van der Waals surface area contributed by atoms with Crippen molar-refractivity contribution in [1.82, 2.24) is 10.2 Å². The predicted octanol–water partition coefficient (Wildman–Crippen LogP) is 2.96. The van der Waals surface area contributed by atoms with Crippen molar-refractivity contribution in [3.8, 4) is 5.75 Å². The van der Waals surface area contributed by atoms with Crippen LogP contribution in [0.2, 0.25) is 0 Å². The van der Waals surface area contributed by atoms with E-state index in [4.69, 9.17) is 4.74 Å². The van der Waals surface area contributed by atoms with Crippen molar-refractivity contribution >= 4 is 0 Å². The first-order valence-corrected chi connectivity index (χ1v) is 7.56. The van der Waals surface area contributed by atoms with Gasteiger partial charge in [-0.05, 0) is 29.5 Å². The molecule has 1 N–H and O–H groups in total. The van der Waals surface area contributed by atoms with Crippen LogP contribution in [0.4, 0.5) is 0 Å². The highest BCUT2D eigenvalue weighted by molar-refractivity contribution is 5.42. The van der Waals surface area contributed by atoms with Crippen LogP contribution in [0.3, 0.4) is 0 Å². The minimum Gasteiger partial charge on any atom is -0.496 e. The Labute approximate surface area is 123 Å². The molecule has 1 saturated heterocycles. The van der Waals surface area contributed by atoms with Gasteiger partial charge in [-0.3, -0.25) is 4.90 Å². The number of nitrogens with one attached hydrogen (secondary N) is 1. The van der Waals surface area contributed by atoms with Crippen LogP contribution in [0.25, 0.3) is 0 Å². The van der Waals surface area contributed by atoms with E-state index in [2.05, 4.69) is 56.1 Å². The monoisotopic (exact) mass is 276 g/mol. The Morgan fingerprint density at radius 3 is 2.40 bits per heavy atom. The minimum atomic E-state index is 0.102. The summed E-state index contributed by atoms with van der Waals surface area (Å²) >= 11 is 0. The second-order valence-electron chi connectivity index (χ2n) is 6.67. The molecule has 1 atom stereocenters. The second-order valence-corrected chi connectivity index (χ2v) is 6.67. The molecular weight excluding hydrogens is 248 g/mol. The highest BCUT2D eigenvalue weighted by atomic mass is 16.5. The van der Waals surface area contributed by atoms with Crippen LogP contribution in [0.1, 0.15) is 44.9 Å². The molecule has 3 nitrogen and oxygen atoms in total. The molecule has 2 rings (SSSR count). The van der Waals surface area contributed by atoms with Crippen LogP contribution in [-0.4, -0.2) is 38.2 Å². The smallest absolute Gasteiger partial charge is 0.122 e. The van der Waals surface area contributed by atoms with Crippen LogP contribution in [-0.2, 0) is 5.41 Å². The molecule has 0 saturated carbocycles. The fourth-order valence-corrected chi connectivity index (χ4v) is 2.85. The zero-order valence-electron chi connectivity index (χ0n) is 13.5. The van der Waals surface area contributed by atoms with Gasteiger partial charge < -0.3 is 10.1 Å². The van der Waals surface area contributed by atoms with E-state index in [9.17, 15) is 0 Å². The van der Waals surface area contributed by atoms with Gasteiger partial charge in [0.1, 0.15) is 5.75 Å². The average Bonchev–Trinajstić information content (AvgIpc) is 2.46. The predicted molar refractivity (Wildman–Crippen MR) is 84.6 cm³/mol. The van der Waals surface area contributed by atoms with Gasteiger partial charge in [-0.25, -0.2) is 0 Å². The lowest BCUT2D eigenvalue weighted by atomic mass is 9.84. The molecule has 1 fully saturated rings. The van der Waals surface area contributed by atoms with Crippen LogP contribution in [0.5, 0.6) is 5.75 Å². The molecule has 112 valence electrons. The first-order valence-electron chi connectivity index (χ1n) is 7.56. The van der Waals surface area contributed by atoms with E-state index < -0.39 is 0 Å². The van der Waals surface area contributed by atoms with Crippen molar-refractivity contribution in [1.29, 1.82) is 0 Å². The van der Waals surface area contributed by atoms with E-state index in [1.165, 1.54) is 11.1 Å². The Morgan fingerprint density at radius 1 is 1.20 bits per heavy atom. The molecule has 0 aromatic heterocycles. The number of benzene rings is 1. The average molecular weight is 276 g/mol. The van der Waals surface area contributed by atoms with Crippen molar-refractivity contribution in [3.63, 3.8) is 0 Å². The molecule has 1 aromatic rings. The lowest BCUT2D eigenvalue weighted by molar-refractivity contribution is 0.185. The number of ether oxygens (including phenoxy) is 1. The number of piperazine rings is 1. The third-order valence-electron chi connectivity index (χ3n) is 4.21. The quantitative estimate of drug-likeness (QED) is 0.918. The van der Waals surface area contributed by atoms with Gasteiger partial charge in [-0.1, -0.05) is 32.9 Å². The summed E-state index contributed by atoms with van der Waals surface area (Å²) in [6, 6.07) is 7.12. The summed E-state index contributed by atoms with van der Waals surface area (Å²) in [4.78, 5) is 2.55. The molecule has 1 aliphatic rings. The van der Waals surface area contributed by atoms with Crippen LogP contribution < -0.4 is 10.1 Å². The number of rotatable bonds is 3. The van der Waals surface area contributed by atoms with Crippen molar-refractivity contribution in [2.75, 3.05) is 33.3 Å². The molecule has 0 aliphatic carbocycles. The molecule has 1 heterocycles. The van der Waals surface area contributed by atoms with E-state index in [0.29, 0.717) is 6.04 Å². The Morgan fingerprint density at radius 2 is 1.85 bits per heavy atom. The molecular formula is C17H28N2O. The SMILES string of the molecule is COc1ccc(C(C)N2CCNCC2)cc1C(C)(C)C. The Kier molecular flexibility index (Phi) is 4.71. The fraction of sp³-hybridized carbons (Fsp3) is 0.647. The Hall–Kier alpha value is -1.06. The van der Waals surface area contributed by atoms with Gasteiger partial charge in [-0.15, -0.1) is 0 Å². The Balaban J connectivity index is 2.28. The van der Waals surface area contributed by atoms with E-state index in [0.717, 1.165) is 31.9 Å². The summed E-state index contributed by atoms with van der Waals surface area (Å²) in [6.07, 6.45) is 0. The van der Waals surface area contributed by atoms with Gasteiger partial charge >= 0.3 is 0 Å². The van der Waals surface area contributed by atoms with Crippen molar-refractivity contribution < 1.29 is 4.74 Å². The molecule has 1 aliphatic heterocycles. The largest absolute Gasteiger partial charge is 0.496 e. The topological polar surface area (TPSA) is 24.5 Å². The lowest BCUT2D eigenvalue weighted by Crippen LogP contribution is -2.44. The van der Waals surface area contributed by atoms with Crippen molar-refractivity contribution in [2.24, 2.45) is 0 Å². The van der Waals surface area contributed by atoms with E-state index in [1.807, 2.05) is 0 Å². The van der Waals surface area contributed by atoms with Crippen LogP contribution >= 0.6 is 0 Å². The zero-order valence-corrected chi connectivity index (χ0v) is 13.5.